The topological polar surface area (TPSA) is 66.4 Å². The number of carbonyl (C=O) groups is 2. The van der Waals surface area contributed by atoms with E-state index in [-0.39, 0.29) is 23.8 Å². The molecule has 0 aromatic rings. The van der Waals surface area contributed by atoms with Crippen LogP contribution in [0.4, 0.5) is 0 Å². The van der Waals surface area contributed by atoms with Gasteiger partial charge in [-0.3, -0.25) is 9.59 Å². The highest BCUT2D eigenvalue weighted by atomic mass is 16.4. The van der Waals surface area contributed by atoms with Crippen molar-refractivity contribution in [3.8, 4) is 0 Å². The fourth-order valence-corrected chi connectivity index (χ4v) is 1.85. The standard InChI is InChI=1S/C11H17NO3/c1-3-7(2)12-10(13)8-4-5-9(6-8)11(14)15/h3,7-9H,1,4-6H2,2H3,(H,12,13)(H,14,15)/t7?,8-,9+/m1/s1. The molecule has 0 heterocycles. The number of amides is 1. The molecular weight excluding hydrogens is 194 g/mol. The van der Waals surface area contributed by atoms with E-state index in [1.165, 1.54) is 0 Å². The van der Waals surface area contributed by atoms with Crippen LogP contribution in [0.15, 0.2) is 12.7 Å². The Morgan fingerprint density at radius 1 is 1.47 bits per heavy atom. The molecule has 1 fully saturated rings. The average molecular weight is 211 g/mol. The average Bonchev–Trinajstić information content (AvgIpc) is 2.66. The van der Waals surface area contributed by atoms with Crippen molar-refractivity contribution < 1.29 is 14.7 Å². The maximum absolute atomic E-state index is 11.6. The number of nitrogens with one attached hydrogen (secondary N) is 1. The van der Waals surface area contributed by atoms with Gasteiger partial charge in [0.15, 0.2) is 0 Å². The van der Waals surface area contributed by atoms with Crippen molar-refractivity contribution in [3.05, 3.63) is 12.7 Å². The monoisotopic (exact) mass is 211 g/mol. The maximum atomic E-state index is 11.6. The molecule has 0 spiro atoms. The lowest BCUT2D eigenvalue weighted by Gasteiger charge is -2.13. The maximum Gasteiger partial charge on any atom is 0.306 e. The molecule has 15 heavy (non-hydrogen) atoms. The molecule has 1 saturated carbocycles. The van der Waals surface area contributed by atoms with Crippen LogP contribution in [0, 0.1) is 11.8 Å². The van der Waals surface area contributed by atoms with Crippen LogP contribution in [0.25, 0.3) is 0 Å². The fourth-order valence-electron chi connectivity index (χ4n) is 1.85. The number of hydrogen-bond donors (Lipinski definition) is 2. The normalized spacial score (nSPS) is 27.0. The van der Waals surface area contributed by atoms with E-state index >= 15 is 0 Å². The number of hydrogen-bond acceptors (Lipinski definition) is 2. The van der Waals surface area contributed by atoms with Gasteiger partial charge in [0.1, 0.15) is 0 Å². The molecule has 1 aliphatic carbocycles. The van der Waals surface area contributed by atoms with Gasteiger partial charge in [-0.15, -0.1) is 6.58 Å². The van der Waals surface area contributed by atoms with E-state index in [9.17, 15) is 9.59 Å². The van der Waals surface area contributed by atoms with Crippen LogP contribution < -0.4 is 5.32 Å². The minimum absolute atomic E-state index is 0.0499. The van der Waals surface area contributed by atoms with Gasteiger partial charge in [-0.1, -0.05) is 6.08 Å². The third kappa shape index (κ3) is 3.08. The second-order valence-electron chi connectivity index (χ2n) is 4.08. The van der Waals surface area contributed by atoms with Gasteiger partial charge >= 0.3 is 5.97 Å². The second-order valence-corrected chi connectivity index (χ2v) is 4.08. The first-order valence-corrected chi connectivity index (χ1v) is 5.20. The molecule has 1 aliphatic rings. The molecule has 3 atom stereocenters. The summed E-state index contributed by atoms with van der Waals surface area (Å²) in [6.45, 7) is 5.42. The van der Waals surface area contributed by atoms with E-state index in [1.807, 2.05) is 6.92 Å². The van der Waals surface area contributed by atoms with Crippen molar-refractivity contribution >= 4 is 11.9 Å². The van der Waals surface area contributed by atoms with E-state index < -0.39 is 5.97 Å². The largest absolute Gasteiger partial charge is 0.481 e. The van der Waals surface area contributed by atoms with Gasteiger partial charge in [-0.25, -0.2) is 0 Å². The van der Waals surface area contributed by atoms with E-state index in [0.29, 0.717) is 19.3 Å². The van der Waals surface area contributed by atoms with Crippen molar-refractivity contribution in [3.63, 3.8) is 0 Å². The van der Waals surface area contributed by atoms with Crippen molar-refractivity contribution in [2.45, 2.75) is 32.2 Å². The van der Waals surface area contributed by atoms with Crippen LogP contribution in [0.2, 0.25) is 0 Å². The third-order valence-corrected chi connectivity index (χ3v) is 2.88. The summed E-state index contributed by atoms with van der Waals surface area (Å²) in [7, 11) is 0. The zero-order valence-electron chi connectivity index (χ0n) is 8.90. The van der Waals surface area contributed by atoms with Gasteiger partial charge in [-0.2, -0.15) is 0 Å². The van der Waals surface area contributed by atoms with Crippen LogP contribution in [-0.4, -0.2) is 23.0 Å². The Kier molecular flexibility index (Phi) is 3.88. The van der Waals surface area contributed by atoms with Crippen LogP contribution >= 0.6 is 0 Å². The Morgan fingerprint density at radius 2 is 2.07 bits per heavy atom. The third-order valence-electron chi connectivity index (χ3n) is 2.88. The summed E-state index contributed by atoms with van der Waals surface area (Å²) >= 11 is 0. The highest BCUT2D eigenvalue weighted by molar-refractivity contribution is 5.81. The van der Waals surface area contributed by atoms with Gasteiger partial charge < -0.3 is 10.4 Å². The first kappa shape index (κ1) is 11.8. The number of carboxylic acids is 1. The summed E-state index contributed by atoms with van der Waals surface area (Å²) in [6, 6.07) is -0.0543. The van der Waals surface area contributed by atoms with Crippen LogP contribution in [-0.2, 0) is 9.59 Å². The zero-order chi connectivity index (χ0) is 11.4. The Hall–Kier alpha value is -1.32. The van der Waals surface area contributed by atoms with Crippen molar-refractivity contribution in [1.29, 1.82) is 0 Å². The van der Waals surface area contributed by atoms with Gasteiger partial charge in [0, 0.05) is 12.0 Å². The van der Waals surface area contributed by atoms with E-state index in [1.54, 1.807) is 6.08 Å². The summed E-state index contributed by atoms with van der Waals surface area (Å²) in [5, 5.41) is 11.6. The van der Waals surface area contributed by atoms with Gasteiger partial charge in [0.25, 0.3) is 0 Å². The molecule has 0 saturated heterocycles. The summed E-state index contributed by atoms with van der Waals surface area (Å²) in [5.74, 6) is -1.33. The van der Waals surface area contributed by atoms with Gasteiger partial charge in [-0.05, 0) is 26.2 Å². The van der Waals surface area contributed by atoms with Gasteiger partial charge in [0.05, 0.1) is 5.92 Å². The zero-order valence-corrected chi connectivity index (χ0v) is 8.90. The number of carboxylic acid groups (broad SMARTS) is 1. The van der Waals surface area contributed by atoms with Gasteiger partial charge in [0.2, 0.25) is 5.91 Å². The van der Waals surface area contributed by atoms with Crippen LogP contribution in [0.5, 0.6) is 0 Å². The van der Waals surface area contributed by atoms with E-state index in [2.05, 4.69) is 11.9 Å². The van der Waals surface area contributed by atoms with E-state index in [4.69, 9.17) is 5.11 Å². The minimum Gasteiger partial charge on any atom is -0.481 e. The summed E-state index contributed by atoms with van der Waals surface area (Å²) in [6.07, 6.45) is 3.40. The lowest BCUT2D eigenvalue weighted by atomic mass is 10.0. The first-order valence-electron chi connectivity index (χ1n) is 5.20. The Balaban J connectivity index is 2.43. The molecule has 0 aromatic carbocycles. The highest BCUT2D eigenvalue weighted by Gasteiger charge is 2.33. The molecule has 0 bridgehead atoms. The molecule has 0 aliphatic heterocycles. The first-order chi connectivity index (χ1) is 7.04. The lowest BCUT2D eigenvalue weighted by molar-refractivity contribution is -0.141. The van der Waals surface area contributed by atoms with Crippen LogP contribution in [0.1, 0.15) is 26.2 Å². The molecule has 4 heteroatoms. The number of aliphatic carboxylic acids is 1. The molecule has 2 N–H and O–H groups in total. The number of rotatable bonds is 4. The molecule has 1 unspecified atom stereocenters. The second kappa shape index (κ2) is 4.96. The highest BCUT2D eigenvalue weighted by Crippen LogP contribution is 2.31. The molecule has 84 valence electrons. The SMILES string of the molecule is C=CC(C)NC(=O)[C@@H]1CC[C@H](C(=O)O)C1. The molecular formula is C11H17NO3. The number of carbonyl (C=O) groups excluding carboxylic acids is 1. The quantitative estimate of drug-likeness (QED) is 0.686. The Bertz CT molecular complexity index is 275. The summed E-state index contributed by atoms with van der Waals surface area (Å²) < 4.78 is 0. The molecule has 4 nitrogen and oxygen atoms in total. The smallest absolute Gasteiger partial charge is 0.306 e. The predicted molar refractivity (Wildman–Crippen MR) is 56.3 cm³/mol. The van der Waals surface area contributed by atoms with Crippen molar-refractivity contribution in [2.75, 3.05) is 0 Å². The predicted octanol–water partition coefficient (Wildman–Crippen LogP) is 1.18. The Morgan fingerprint density at radius 3 is 2.53 bits per heavy atom. The molecule has 1 rings (SSSR count). The molecule has 0 aromatic heterocycles. The van der Waals surface area contributed by atoms with Crippen molar-refractivity contribution in [2.24, 2.45) is 11.8 Å². The fraction of sp³-hybridized carbons (Fsp3) is 0.636. The molecule has 1 amide bonds. The minimum atomic E-state index is -0.790. The van der Waals surface area contributed by atoms with Crippen LogP contribution in [0.3, 0.4) is 0 Å². The van der Waals surface area contributed by atoms with Crippen molar-refractivity contribution in [1.82, 2.24) is 5.32 Å². The summed E-state index contributed by atoms with van der Waals surface area (Å²) in [4.78, 5) is 22.3. The van der Waals surface area contributed by atoms with E-state index in [0.717, 1.165) is 0 Å². The molecule has 0 radical (unpaired) electrons. The Labute approximate surface area is 89.4 Å². The lowest BCUT2D eigenvalue weighted by Crippen LogP contribution is -2.35. The summed E-state index contributed by atoms with van der Waals surface area (Å²) in [5.41, 5.74) is 0.